The van der Waals surface area contributed by atoms with Crippen LogP contribution in [0.5, 0.6) is 0 Å². The molecule has 0 aliphatic heterocycles. The van der Waals surface area contributed by atoms with Crippen molar-refractivity contribution in [3.05, 3.63) is 72.9 Å². The highest BCUT2D eigenvalue weighted by molar-refractivity contribution is 5.71. The lowest BCUT2D eigenvalue weighted by Crippen LogP contribution is -2.30. The first-order valence-corrected chi connectivity index (χ1v) is 29.0. The van der Waals surface area contributed by atoms with Gasteiger partial charge in [0.25, 0.3) is 0 Å². The Hall–Kier alpha value is -3.15. The first-order valence-electron chi connectivity index (χ1n) is 29.0. The molecule has 6 nitrogen and oxygen atoms in total. The van der Waals surface area contributed by atoms with Crippen LogP contribution in [0.4, 0.5) is 0 Å². The number of hydrogen-bond acceptors (Lipinski definition) is 6. The summed E-state index contributed by atoms with van der Waals surface area (Å²) in [4.78, 5) is 38.2. The van der Waals surface area contributed by atoms with E-state index in [1.54, 1.807) is 0 Å². The quantitative estimate of drug-likeness (QED) is 0.0199. The highest BCUT2D eigenvalue weighted by Gasteiger charge is 2.19. The lowest BCUT2D eigenvalue weighted by atomic mass is 10.0. The highest BCUT2D eigenvalue weighted by atomic mass is 16.6. The minimum Gasteiger partial charge on any atom is -0.462 e. The van der Waals surface area contributed by atoms with E-state index in [2.05, 4.69) is 93.7 Å². The number of carbonyl (C=O) groups excluding carboxylic acids is 3. The molecule has 392 valence electrons. The molecule has 0 bridgehead atoms. The van der Waals surface area contributed by atoms with E-state index in [0.29, 0.717) is 12.8 Å². The molecular weight excluding hydrogens is 841 g/mol. The van der Waals surface area contributed by atoms with Crippen molar-refractivity contribution in [2.24, 2.45) is 0 Å². The lowest BCUT2D eigenvalue weighted by Gasteiger charge is -2.18. The molecule has 0 amide bonds. The number of carbonyl (C=O) groups is 3. The van der Waals surface area contributed by atoms with Gasteiger partial charge < -0.3 is 14.2 Å². The predicted octanol–water partition coefficient (Wildman–Crippen LogP) is 19.4. The summed E-state index contributed by atoms with van der Waals surface area (Å²) in [6.45, 7) is 6.51. The molecule has 0 aromatic heterocycles. The Morgan fingerprint density at radius 3 is 1.00 bits per heavy atom. The Kier molecular flexibility index (Phi) is 53.8. The van der Waals surface area contributed by atoms with Crippen molar-refractivity contribution in [2.45, 2.75) is 290 Å². The molecule has 0 N–H and O–H groups in total. The van der Waals surface area contributed by atoms with Crippen molar-refractivity contribution in [2.75, 3.05) is 13.2 Å². The molecule has 6 heteroatoms. The van der Waals surface area contributed by atoms with Crippen LogP contribution in [-0.2, 0) is 28.6 Å². The van der Waals surface area contributed by atoms with Gasteiger partial charge in [0, 0.05) is 19.3 Å². The maximum absolute atomic E-state index is 12.8. The van der Waals surface area contributed by atoms with E-state index in [0.717, 1.165) is 109 Å². The molecule has 0 spiro atoms. The number of ether oxygens (including phenoxy) is 3. The third-order valence-electron chi connectivity index (χ3n) is 12.5. The largest absolute Gasteiger partial charge is 0.462 e. The Balaban J connectivity index is 4.44. The summed E-state index contributed by atoms with van der Waals surface area (Å²) in [5.41, 5.74) is 0. The Bertz CT molecular complexity index is 1270. The first-order chi connectivity index (χ1) is 33.5. The van der Waals surface area contributed by atoms with Crippen molar-refractivity contribution in [1.29, 1.82) is 0 Å². The van der Waals surface area contributed by atoms with Crippen LogP contribution in [0.15, 0.2) is 72.9 Å². The zero-order valence-corrected chi connectivity index (χ0v) is 44.9. The summed E-state index contributed by atoms with van der Waals surface area (Å²) < 4.78 is 16.8. The Labute approximate surface area is 421 Å². The van der Waals surface area contributed by atoms with Gasteiger partial charge in [-0.15, -0.1) is 0 Å². The number of unbranched alkanes of at least 4 members (excludes halogenated alkanes) is 30. The van der Waals surface area contributed by atoms with Crippen LogP contribution in [0.3, 0.4) is 0 Å². The molecule has 68 heavy (non-hydrogen) atoms. The second-order valence-electron chi connectivity index (χ2n) is 19.2. The van der Waals surface area contributed by atoms with Gasteiger partial charge in [-0.05, 0) is 83.5 Å². The van der Waals surface area contributed by atoms with Gasteiger partial charge in [0.2, 0.25) is 0 Å². The third kappa shape index (κ3) is 53.8. The second-order valence-corrected chi connectivity index (χ2v) is 19.2. The van der Waals surface area contributed by atoms with Crippen LogP contribution in [0.2, 0.25) is 0 Å². The van der Waals surface area contributed by atoms with Gasteiger partial charge in [0.15, 0.2) is 6.10 Å². The van der Waals surface area contributed by atoms with Gasteiger partial charge in [0.1, 0.15) is 13.2 Å². The van der Waals surface area contributed by atoms with Crippen molar-refractivity contribution < 1.29 is 28.6 Å². The van der Waals surface area contributed by atoms with Crippen LogP contribution < -0.4 is 0 Å². The smallest absolute Gasteiger partial charge is 0.306 e. The number of rotatable bonds is 52. The van der Waals surface area contributed by atoms with Gasteiger partial charge in [0.05, 0.1) is 0 Å². The lowest BCUT2D eigenvalue weighted by molar-refractivity contribution is -0.167. The first kappa shape index (κ1) is 64.8. The molecule has 0 aromatic carbocycles. The Morgan fingerprint density at radius 1 is 0.324 bits per heavy atom. The van der Waals surface area contributed by atoms with E-state index in [1.807, 2.05) is 0 Å². The molecule has 0 aliphatic carbocycles. The average molecular weight is 950 g/mol. The molecule has 0 heterocycles. The van der Waals surface area contributed by atoms with Crippen LogP contribution in [0.1, 0.15) is 284 Å². The van der Waals surface area contributed by atoms with Crippen molar-refractivity contribution in [1.82, 2.24) is 0 Å². The maximum Gasteiger partial charge on any atom is 0.306 e. The Morgan fingerprint density at radius 2 is 0.618 bits per heavy atom. The van der Waals surface area contributed by atoms with Gasteiger partial charge in [-0.1, -0.05) is 254 Å². The minimum absolute atomic E-state index is 0.0913. The van der Waals surface area contributed by atoms with Crippen molar-refractivity contribution in [3.8, 4) is 0 Å². The summed E-state index contributed by atoms with van der Waals surface area (Å²) in [7, 11) is 0. The van der Waals surface area contributed by atoms with E-state index in [1.165, 1.54) is 135 Å². The van der Waals surface area contributed by atoms with E-state index in [-0.39, 0.29) is 37.5 Å². The van der Waals surface area contributed by atoms with Gasteiger partial charge in [-0.3, -0.25) is 14.4 Å². The molecule has 0 fully saturated rings. The van der Waals surface area contributed by atoms with E-state index >= 15 is 0 Å². The third-order valence-corrected chi connectivity index (χ3v) is 12.5. The molecule has 0 radical (unpaired) electrons. The van der Waals surface area contributed by atoms with Crippen LogP contribution in [-0.4, -0.2) is 37.2 Å². The summed E-state index contributed by atoms with van der Waals surface area (Å²) in [6.07, 6.45) is 71.8. The van der Waals surface area contributed by atoms with Gasteiger partial charge >= 0.3 is 17.9 Å². The summed E-state index contributed by atoms with van der Waals surface area (Å²) >= 11 is 0. The van der Waals surface area contributed by atoms with E-state index in [9.17, 15) is 14.4 Å². The molecular formula is C62H108O6. The van der Waals surface area contributed by atoms with Gasteiger partial charge in [-0.25, -0.2) is 0 Å². The van der Waals surface area contributed by atoms with Gasteiger partial charge in [-0.2, -0.15) is 0 Å². The SMILES string of the molecule is CC/C=C\C/C=C\C/C=C\C/C=C\CCCCCC(=O)OC(COC(=O)CCCCCCC/C=C\C=C/CCCCCCCCC)COC(=O)CCCCCCCCCCCCCCCCCC. The second kappa shape index (κ2) is 56.4. The summed E-state index contributed by atoms with van der Waals surface area (Å²) in [5, 5.41) is 0. The molecule has 1 atom stereocenters. The fourth-order valence-electron chi connectivity index (χ4n) is 8.13. The monoisotopic (exact) mass is 949 g/mol. The predicted molar refractivity (Wildman–Crippen MR) is 293 cm³/mol. The van der Waals surface area contributed by atoms with Crippen molar-refractivity contribution in [3.63, 3.8) is 0 Å². The number of allylic oxidation sites excluding steroid dienone is 12. The zero-order valence-electron chi connectivity index (χ0n) is 44.9. The van der Waals surface area contributed by atoms with Crippen LogP contribution in [0.25, 0.3) is 0 Å². The fourth-order valence-corrected chi connectivity index (χ4v) is 8.13. The molecule has 1 unspecified atom stereocenters. The highest BCUT2D eigenvalue weighted by Crippen LogP contribution is 2.16. The molecule has 0 aromatic rings. The number of hydrogen-bond donors (Lipinski definition) is 0. The minimum atomic E-state index is -0.797. The van der Waals surface area contributed by atoms with Crippen LogP contribution in [0, 0.1) is 0 Å². The molecule has 0 saturated heterocycles. The topological polar surface area (TPSA) is 78.9 Å². The number of esters is 3. The molecule has 0 aliphatic rings. The fraction of sp³-hybridized carbons (Fsp3) is 0.758. The standard InChI is InChI=1S/C62H108O6/c1-4-7-10-13-16-19-22-25-28-31-32-35-37-40-43-46-49-52-55-61(64)67-58-59(68-62(65)56-53-50-47-44-41-38-34-30-27-24-21-18-15-12-9-6-3)57-66-60(63)54-51-48-45-42-39-36-33-29-26-23-20-17-14-11-8-5-2/h9,12,18,21,27-28,30-32,35,38,41,59H,4-8,10-11,13-17,19-20,22-26,29,33-34,36-37,39-40,42-58H2,1-3H3/b12-9-,21-18-,30-27-,31-28-,35-32-,41-38-. The average Bonchev–Trinajstić information content (AvgIpc) is 3.34. The van der Waals surface area contributed by atoms with E-state index in [4.69, 9.17) is 14.2 Å². The normalized spacial score (nSPS) is 12.6. The molecule has 0 saturated carbocycles. The summed E-state index contributed by atoms with van der Waals surface area (Å²) in [6, 6.07) is 0. The molecule has 0 rings (SSSR count). The zero-order chi connectivity index (χ0) is 49.3. The summed E-state index contributed by atoms with van der Waals surface area (Å²) in [5.74, 6) is -0.928. The van der Waals surface area contributed by atoms with Crippen molar-refractivity contribution >= 4 is 17.9 Å². The van der Waals surface area contributed by atoms with Crippen LogP contribution >= 0.6 is 0 Å². The maximum atomic E-state index is 12.8. The van der Waals surface area contributed by atoms with E-state index < -0.39 is 6.10 Å².